The molecule has 160 valence electrons. The second-order valence-electron chi connectivity index (χ2n) is 7.11. The molecule has 0 spiro atoms. The molecule has 7 heteroatoms. The zero-order valence-corrected chi connectivity index (χ0v) is 18.9. The molecular formula is C25H20N2O3S2. The molecule has 0 bridgehead atoms. The second-order valence-corrected chi connectivity index (χ2v) is 8.79. The molecule has 1 N–H and O–H groups in total. The van der Waals surface area contributed by atoms with Crippen molar-refractivity contribution in [3.8, 4) is 5.75 Å². The Morgan fingerprint density at radius 1 is 1.06 bits per heavy atom. The number of nitrogens with zero attached hydrogens (tertiary/aromatic N) is 1. The van der Waals surface area contributed by atoms with Gasteiger partial charge >= 0.3 is 0 Å². The van der Waals surface area contributed by atoms with Crippen LogP contribution in [0, 0.1) is 6.92 Å². The number of hydrogen-bond acceptors (Lipinski definition) is 5. The van der Waals surface area contributed by atoms with Gasteiger partial charge in [0, 0.05) is 5.56 Å². The molecule has 0 aliphatic carbocycles. The zero-order chi connectivity index (χ0) is 22.5. The molecule has 32 heavy (non-hydrogen) atoms. The first-order valence-electron chi connectivity index (χ1n) is 9.92. The van der Waals surface area contributed by atoms with Crippen LogP contribution in [0.15, 0.2) is 83.8 Å². The molecule has 4 rings (SSSR count). The molecular weight excluding hydrogens is 440 g/mol. The number of aryl methyl sites for hydroxylation is 1. The Balaban J connectivity index is 1.45. The summed E-state index contributed by atoms with van der Waals surface area (Å²) in [5.74, 6) is -0.0554. The van der Waals surface area contributed by atoms with Crippen molar-refractivity contribution in [1.29, 1.82) is 0 Å². The summed E-state index contributed by atoms with van der Waals surface area (Å²) in [6.07, 6.45) is 1.74. The van der Waals surface area contributed by atoms with Gasteiger partial charge < -0.3 is 4.74 Å². The van der Waals surface area contributed by atoms with Crippen LogP contribution in [0.25, 0.3) is 6.08 Å². The zero-order valence-electron chi connectivity index (χ0n) is 17.3. The topological polar surface area (TPSA) is 58.6 Å². The van der Waals surface area contributed by atoms with E-state index in [2.05, 4.69) is 5.43 Å². The molecule has 1 fully saturated rings. The van der Waals surface area contributed by atoms with E-state index < -0.39 is 5.91 Å². The number of amides is 2. The van der Waals surface area contributed by atoms with E-state index in [0.29, 0.717) is 22.8 Å². The lowest BCUT2D eigenvalue weighted by Crippen LogP contribution is -2.44. The molecule has 3 aromatic carbocycles. The molecule has 1 heterocycles. The largest absolute Gasteiger partial charge is 0.489 e. The summed E-state index contributed by atoms with van der Waals surface area (Å²) in [6, 6.07) is 24.2. The van der Waals surface area contributed by atoms with Gasteiger partial charge in [0.1, 0.15) is 12.4 Å². The van der Waals surface area contributed by atoms with Crippen LogP contribution in [0.3, 0.4) is 0 Å². The van der Waals surface area contributed by atoms with E-state index in [1.165, 1.54) is 5.56 Å². The second kappa shape index (κ2) is 9.80. The third-order valence-electron chi connectivity index (χ3n) is 4.85. The summed E-state index contributed by atoms with van der Waals surface area (Å²) >= 11 is 6.45. The van der Waals surface area contributed by atoms with Crippen LogP contribution in [-0.2, 0) is 11.4 Å². The molecule has 5 nitrogen and oxygen atoms in total. The Labute approximate surface area is 196 Å². The first-order valence-corrected chi connectivity index (χ1v) is 11.1. The summed E-state index contributed by atoms with van der Waals surface area (Å²) < 4.78 is 6.21. The van der Waals surface area contributed by atoms with E-state index in [0.717, 1.165) is 27.9 Å². The van der Waals surface area contributed by atoms with E-state index in [4.69, 9.17) is 17.0 Å². The minimum Gasteiger partial charge on any atom is -0.489 e. The summed E-state index contributed by atoms with van der Waals surface area (Å²) in [7, 11) is 0. The van der Waals surface area contributed by atoms with Gasteiger partial charge in [0.2, 0.25) is 0 Å². The molecule has 1 saturated heterocycles. The van der Waals surface area contributed by atoms with Gasteiger partial charge in [-0.3, -0.25) is 15.0 Å². The van der Waals surface area contributed by atoms with Crippen molar-refractivity contribution in [1.82, 2.24) is 10.4 Å². The monoisotopic (exact) mass is 460 g/mol. The quantitative estimate of drug-likeness (QED) is 0.409. The van der Waals surface area contributed by atoms with Gasteiger partial charge in [-0.15, -0.1) is 0 Å². The standard InChI is InChI=1S/C25H20N2O3S2/c1-17-8-5-6-12-20(17)16-30-21-13-7-9-18(14-21)15-22-24(29)27(25(31)32-22)26-23(28)19-10-3-2-4-11-19/h2-15H,16H2,1H3,(H,26,28)/b22-15+. The normalized spacial score (nSPS) is 14.7. The van der Waals surface area contributed by atoms with Gasteiger partial charge in [-0.2, -0.15) is 5.01 Å². The highest BCUT2D eigenvalue weighted by Gasteiger charge is 2.33. The van der Waals surface area contributed by atoms with Gasteiger partial charge in [0.05, 0.1) is 4.91 Å². The summed E-state index contributed by atoms with van der Waals surface area (Å²) in [6.45, 7) is 2.51. The number of thioether (sulfide) groups is 1. The molecule has 0 unspecified atom stereocenters. The number of thiocarbonyl (C=S) groups is 1. The van der Waals surface area contributed by atoms with Gasteiger partial charge in [0.25, 0.3) is 11.8 Å². The predicted octanol–water partition coefficient (Wildman–Crippen LogP) is 5.12. The number of nitrogens with one attached hydrogen (secondary N) is 1. The highest BCUT2D eigenvalue weighted by molar-refractivity contribution is 8.26. The molecule has 0 atom stereocenters. The summed E-state index contributed by atoms with van der Waals surface area (Å²) in [5.41, 5.74) is 6.13. The number of hydrogen-bond donors (Lipinski definition) is 1. The fraction of sp³-hybridized carbons (Fsp3) is 0.0800. The lowest BCUT2D eigenvalue weighted by molar-refractivity contribution is -0.123. The fourth-order valence-electron chi connectivity index (χ4n) is 3.10. The van der Waals surface area contributed by atoms with E-state index in [1.54, 1.807) is 30.3 Å². The number of ether oxygens (including phenoxy) is 1. The van der Waals surface area contributed by atoms with Crippen LogP contribution >= 0.6 is 24.0 Å². The maximum atomic E-state index is 12.8. The number of carbonyl (C=O) groups is 2. The maximum absolute atomic E-state index is 12.8. The van der Waals surface area contributed by atoms with Crippen LogP contribution < -0.4 is 10.2 Å². The first kappa shape index (κ1) is 21.8. The maximum Gasteiger partial charge on any atom is 0.285 e. The molecule has 1 aliphatic heterocycles. The van der Waals surface area contributed by atoms with Crippen molar-refractivity contribution in [2.24, 2.45) is 0 Å². The first-order chi connectivity index (χ1) is 15.5. The third kappa shape index (κ3) is 5.07. The van der Waals surface area contributed by atoms with E-state index in [9.17, 15) is 9.59 Å². The van der Waals surface area contributed by atoms with E-state index >= 15 is 0 Å². The number of hydrazine groups is 1. The van der Waals surface area contributed by atoms with Crippen LogP contribution in [0.5, 0.6) is 5.75 Å². The molecule has 0 aromatic heterocycles. The van der Waals surface area contributed by atoms with E-state index in [1.807, 2.05) is 61.5 Å². The van der Waals surface area contributed by atoms with Crippen LogP contribution in [0.1, 0.15) is 27.0 Å². The predicted molar refractivity (Wildman–Crippen MR) is 131 cm³/mol. The van der Waals surface area contributed by atoms with Gasteiger partial charge in [-0.25, -0.2) is 0 Å². The Hall–Kier alpha value is -3.42. The number of rotatable bonds is 6. The van der Waals surface area contributed by atoms with Crippen molar-refractivity contribution < 1.29 is 14.3 Å². The van der Waals surface area contributed by atoms with Crippen LogP contribution in [-0.4, -0.2) is 21.1 Å². The smallest absolute Gasteiger partial charge is 0.285 e. The third-order valence-corrected chi connectivity index (χ3v) is 6.16. The highest BCUT2D eigenvalue weighted by atomic mass is 32.2. The fourth-order valence-corrected chi connectivity index (χ4v) is 4.28. The van der Waals surface area contributed by atoms with Crippen molar-refractivity contribution in [3.63, 3.8) is 0 Å². The summed E-state index contributed by atoms with van der Waals surface area (Å²) in [4.78, 5) is 25.7. The van der Waals surface area contributed by atoms with Gasteiger partial charge in [-0.05, 0) is 66.2 Å². The summed E-state index contributed by atoms with van der Waals surface area (Å²) in [5, 5.41) is 1.11. The Kier molecular flexibility index (Phi) is 6.68. The lowest BCUT2D eigenvalue weighted by Gasteiger charge is -2.15. The Bertz CT molecular complexity index is 1210. The Morgan fingerprint density at radius 3 is 2.59 bits per heavy atom. The van der Waals surface area contributed by atoms with Gasteiger partial charge in [0.15, 0.2) is 4.32 Å². The minimum atomic E-state index is -0.394. The van der Waals surface area contributed by atoms with Crippen molar-refractivity contribution >= 4 is 46.2 Å². The molecule has 0 saturated carbocycles. The average molecular weight is 461 g/mol. The minimum absolute atomic E-state index is 0.275. The molecule has 0 radical (unpaired) electrons. The van der Waals surface area contributed by atoms with E-state index in [-0.39, 0.29) is 10.2 Å². The van der Waals surface area contributed by atoms with Crippen molar-refractivity contribution in [2.45, 2.75) is 13.5 Å². The van der Waals surface area contributed by atoms with Crippen molar-refractivity contribution in [3.05, 3.63) is 106 Å². The van der Waals surface area contributed by atoms with Crippen molar-refractivity contribution in [2.75, 3.05) is 0 Å². The molecule has 1 aliphatic rings. The highest BCUT2D eigenvalue weighted by Crippen LogP contribution is 2.32. The number of carbonyl (C=O) groups excluding carboxylic acids is 2. The SMILES string of the molecule is Cc1ccccc1COc1cccc(/C=C2/SC(=S)N(NC(=O)c3ccccc3)C2=O)c1. The van der Waals surface area contributed by atoms with Crippen LogP contribution in [0.4, 0.5) is 0 Å². The molecule has 3 aromatic rings. The lowest BCUT2D eigenvalue weighted by atomic mass is 10.1. The average Bonchev–Trinajstić information content (AvgIpc) is 3.06. The molecule has 2 amide bonds. The van der Waals surface area contributed by atoms with Gasteiger partial charge in [-0.1, -0.05) is 66.4 Å². The number of benzene rings is 3. The Morgan fingerprint density at radius 2 is 1.81 bits per heavy atom. The van der Waals surface area contributed by atoms with Crippen LogP contribution in [0.2, 0.25) is 0 Å².